The van der Waals surface area contributed by atoms with Crippen molar-refractivity contribution in [2.45, 2.75) is 39.8 Å². The number of hydrogen-bond donors (Lipinski definition) is 1. The van der Waals surface area contributed by atoms with E-state index >= 15 is 0 Å². The van der Waals surface area contributed by atoms with Gasteiger partial charge in [-0.1, -0.05) is 13.8 Å². The summed E-state index contributed by atoms with van der Waals surface area (Å²) in [4.78, 5) is 0. The smallest absolute Gasteiger partial charge is 0.152 e. The molecule has 18 heavy (non-hydrogen) atoms. The lowest BCUT2D eigenvalue weighted by atomic mass is 10.4. The fourth-order valence-electron chi connectivity index (χ4n) is 1.66. The largest absolute Gasteiger partial charge is 0.311 e. The Labute approximate surface area is 109 Å². The van der Waals surface area contributed by atoms with E-state index in [4.69, 9.17) is 0 Å². The quantitative estimate of drug-likeness (QED) is 0.687. The number of rotatable bonds is 9. The minimum absolute atomic E-state index is 0.171. The molecule has 0 aromatic carbocycles. The molecule has 0 unspecified atom stereocenters. The van der Waals surface area contributed by atoms with Crippen LogP contribution in [0.4, 0.5) is 0 Å². The molecule has 0 amide bonds. The number of nitrogens with one attached hydrogen (secondary N) is 1. The highest BCUT2D eigenvalue weighted by atomic mass is 32.2. The lowest BCUT2D eigenvalue weighted by Gasteiger charge is -2.03. The van der Waals surface area contributed by atoms with Gasteiger partial charge >= 0.3 is 0 Å². The summed E-state index contributed by atoms with van der Waals surface area (Å²) in [5.41, 5.74) is 0.955. The number of hydrogen-bond acceptors (Lipinski definition) is 4. The summed E-state index contributed by atoms with van der Waals surface area (Å²) in [7, 11) is -2.92. The molecule has 104 valence electrons. The Morgan fingerprint density at radius 3 is 2.72 bits per heavy atom. The Bertz CT molecular complexity index is 440. The van der Waals surface area contributed by atoms with Crippen LogP contribution in [-0.2, 0) is 22.9 Å². The molecule has 0 saturated heterocycles. The third kappa shape index (κ3) is 5.64. The highest BCUT2D eigenvalue weighted by Gasteiger charge is 2.09. The fourth-order valence-corrected chi connectivity index (χ4v) is 2.95. The van der Waals surface area contributed by atoms with Gasteiger partial charge in [0.1, 0.15) is 0 Å². The lowest BCUT2D eigenvalue weighted by Crippen LogP contribution is -2.17. The van der Waals surface area contributed by atoms with Gasteiger partial charge in [0.05, 0.1) is 18.0 Å². The van der Waals surface area contributed by atoms with Crippen molar-refractivity contribution in [3.8, 4) is 0 Å². The molecule has 0 atom stereocenters. The van der Waals surface area contributed by atoms with E-state index in [1.165, 1.54) is 0 Å². The van der Waals surface area contributed by atoms with E-state index in [0.717, 1.165) is 25.2 Å². The van der Waals surface area contributed by atoms with Crippen molar-refractivity contribution < 1.29 is 8.42 Å². The van der Waals surface area contributed by atoms with Crippen molar-refractivity contribution >= 4 is 9.84 Å². The molecule has 6 heteroatoms. The maximum atomic E-state index is 11.6. The van der Waals surface area contributed by atoms with E-state index < -0.39 is 9.84 Å². The van der Waals surface area contributed by atoms with Crippen LogP contribution in [0.15, 0.2) is 12.3 Å². The Kier molecular flexibility index (Phi) is 6.35. The minimum atomic E-state index is -2.92. The number of aromatic nitrogens is 2. The molecule has 1 heterocycles. The van der Waals surface area contributed by atoms with Crippen LogP contribution in [0, 0.1) is 0 Å². The first-order chi connectivity index (χ1) is 8.57. The minimum Gasteiger partial charge on any atom is -0.311 e. The van der Waals surface area contributed by atoms with Crippen LogP contribution in [0.3, 0.4) is 0 Å². The molecule has 0 aliphatic heterocycles. The molecule has 1 aromatic heterocycles. The molecule has 0 spiro atoms. The predicted octanol–water partition coefficient (Wildman–Crippen LogP) is 1.21. The van der Waals surface area contributed by atoms with Crippen LogP contribution in [-0.4, -0.2) is 36.2 Å². The van der Waals surface area contributed by atoms with Crippen LogP contribution >= 0.6 is 0 Å². The zero-order valence-corrected chi connectivity index (χ0v) is 12.0. The molecule has 0 fully saturated rings. The first kappa shape index (κ1) is 15.2. The van der Waals surface area contributed by atoms with Gasteiger partial charge in [-0.05, 0) is 25.5 Å². The first-order valence-electron chi connectivity index (χ1n) is 6.51. The van der Waals surface area contributed by atoms with Crippen molar-refractivity contribution in [2.75, 3.05) is 18.1 Å². The van der Waals surface area contributed by atoms with Gasteiger partial charge in [-0.3, -0.25) is 4.68 Å². The highest BCUT2D eigenvalue weighted by Crippen LogP contribution is 1.99. The van der Waals surface area contributed by atoms with Gasteiger partial charge in [-0.25, -0.2) is 8.42 Å². The van der Waals surface area contributed by atoms with Crippen molar-refractivity contribution in [1.29, 1.82) is 0 Å². The summed E-state index contributed by atoms with van der Waals surface area (Å²) in [6.45, 7) is 6.14. The molecule has 0 aliphatic carbocycles. The Balaban J connectivity index is 2.39. The summed E-state index contributed by atoms with van der Waals surface area (Å²) in [6.07, 6.45) is 3.61. The highest BCUT2D eigenvalue weighted by molar-refractivity contribution is 7.91. The van der Waals surface area contributed by atoms with E-state index in [-0.39, 0.29) is 11.5 Å². The SMILES string of the molecule is CCCNCc1ccn(CCS(=O)(=O)CCC)n1. The first-order valence-corrected chi connectivity index (χ1v) is 8.33. The van der Waals surface area contributed by atoms with Gasteiger partial charge in [0.25, 0.3) is 0 Å². The molecule has 0 radical (unpaired) electrons. The molecule has 0 saturated carbocycles. The Hall–Kier alpha value is -0.880. The summed E-state index contributed by atoms with van der Waals surface area (Å²) < 4.78 is 24.8. The molecule has 5 nitrogen and oxygen atoms in total. The van der Waals surface area contributed by atoms with Gasteiger partial charge in [-0.15, -0.1) is 0 Å². The van der Waals surface area contributed by atoms with Gasteiger partial charge in [-0.2, -0.15) is 5.10 Å². The molecule has 1 aromatic rings. The molecule has 0 aliphatic rings. The van der Waals surface area contributed by atoms with Crippen LogP contribution < -0.4 is 5.32 Å². The number of nitrogens with zero attached hydrogens (tertiary/aromatic N) is 2. The zero-order chi connectivity index (χ0) is 13.4. The van der Waals surface area contributed by atoms with Gasteiger partial charge in [0.2, 0.25) is 0 Å². The summed E-state index contributed by atoms with van der Waals surface area (Å²) in [5.74, 6) is 0.434. The summed E-state index contributed by atoms with van der Waals surface area (Å²) >= 11 is 0. The molecule has 1 rings (SSSR count). The summed E-state index contributed by atoms with van der Waals surface area (Å²) in [5, 5.41) is 7.60. The molecular weight excluding hydrogens is 250 g/mol. The van der Waals surface area contributed by atoms with Crippen LogP contribution in [0.25, 0.3) is 0 Å². The van der Waals surface area contributed by atoms with E-state index in [1.807, 2.05) is 19.2 Å². The van der Waals surface area contributed by atoms with Crippen molar-refractivity contribution in [3.05, 3.63) is 18.0 Å². The Morgan fingerprint density at radius 1 is 1.28 bits per heavy atom. The summed E-state index contributed by atoms with van der Waals surface area (Å²) in [6, 6.07) is 1.93. The maximum Gasteiger partial charge on any atom is 0.152 e. The zero-order valence-electron chi connectivity index (χ0n) is 11.2. The molecule has 1 N–H and O–H groups in total. The second-order valence-corrected chi connectivity index (χ2v) is 6.70. The van der Waals surface area contributed by atoms with Crippen LogP contribution in [0.5, 0.6) is 0 Å². The van der Waals surface area contributed by atoms with E-state index in [0.29, 0.717) is 13.0 Å². The third-order valence-corrected chi connectivity index (χ3v) is 4.41. The predicted molar refractivity (Wildman–Crippen MR) is 73.2 cm³/mol. The van der Waals surface area contributed by atoms with Crippen LogP contribution in [0.1, 0.15) is 32.4 Å². The topological polar surface area (TPSA) is 64.0 Å². The maximum absolute atomic E-state index is 11.6. The number of sulfone groups is 1. The average Bonchev–Trinajstić information content (AvgIpc) is 2.75. The van der Waals surface area contributed by atoms with Gasteiger partial charge in [0, 0.05) is 18.5 Å². The van der Waals surface area contributed by atoms with Crippen molar-refractivity contribution in [1.82, 2.24) is 15.1 Å². The Morgan fingerprint density at radius 2 is 2.06 bits per heavy atom. The van der Waals surface area contributed by atoms with Crippen LogP contribution in [0.2, 0.25) is 0 Å². The standard InChI is InChI=1S/C12H23N3O2S/c1-3-6-13-11-12-5-7-15(14-12)8-10-18(16,17)9-4-2/h5,7,13H,3-4,6,8-11H2,1-2H3. The number of aryl methyl sites for hydroxylation is 1. The second kappa shape index (κ2) is 7.53. The van der Waals surface area contributed by atoms with E-state index in [2.05, 4.69) is 17.3 Å². The van der Waals surface area contributed by atoms with Gasteiger partial charge in [0.15, 0.2) is 9.84 Å². The molecular formula is C12H23N3O2S. The second-order valence-electron chi connectivity index (χ2n) is 4.40. The fraction of sp³-hybridized carbons (Fsp3) is 0.750. The van der Waals surface area contributed by atoms with E-state index in [1.54, 1.807) is 4.68 Å². The van der Waals surface area contributed by atoms with E-state index in [9.17, 15) is 8.42 Å². The van der Waals surface area contributed by atoms with Crippen molar-refractivity contribution in [2.24, 2.45) is 0 Å². The molecule has 0 bridgehead atoms. The average molecular weight is 273 g/mol. The van der Waals surface area contributed by atoms with Gasteiger partial charge < -0.3 is 5.32 Å². The normalized spacial score (nSPS) is 11.9. The monoisotopic (exact) mass is 273 g/mol. The lowest BCUT2D eigenvalue weighted by molar-refractivity contribution is 0.575. The van der Waals surface area contributed by atoms with Crippen molar-refractivity contribution in [3.63, 3.8) is 0 Å². The third-order valence-electron chi connectivity index (χ3n) is 2.58.